The first-order valence-corrected chi connectivity index (χ1v) is 10.6. The summed E-state index contributed by atoms with van der Waals surface area (Å²) < 4.78 is 41.4. The van der Waals surface area contributed by atoms with Crippen LogP contribution >= 0.6 is 0 Å². The van der Waals surface area contributed by atoms with Gasteiger partial charge in [-0.15, -0.1) is 6.42 Å². The fourth-order valence-corrected chi connectivity index (χ4v) is 2.18. The van der Waals surface area contributed by atoms with Gasteiger partial charge in [0.15, 0.2) is 0 Å². The average Bonchev–Trinajstić information content (AvgIpc) is 2.83. The van der Waals surface area contributed by atoms with Gasteiger partial charge in [-0.05, 0) is 12.1 Å². The van der Waals surface area contributed by atoms with Crippen LogP contribution in [0, 0.1) is 22.5 Å². The summed E-state index contributed by atoms with van der Waals surface area (Å²) in [6.45, 7) is 4.84. The number of nitro benzene ring substituents is 1. The Morgan fingerprint density at radius 1 is 0.735 bits per heavy atom. The molecule has 0 amide bonds. The summed E-state index contributed by atoms with van der Waals surface area (Å²) in [5.74, 6) is 2.52. The van der Waals surface area contributed by atoms with Crippen LogP contribution in [0.25, 0.3) is 0 Å². The highest BCUT2D eigenvalue weighted by atomic mass is 16.7. The Labute approximate surface area is 198 Å². The van der Waals surface area contributed by atoms with Crippen molar-refractivity contribution < 1.29 is 47.6 Å². The number of carbonyl (C=O) groups is 1. The summed E-state index contributed by atoms with van der Waals surface area (Å²) in [6.07, 6.45) is 4.13. The standard InChI is InChI=1S/C22H31NO11/c1-2-7-27-8-9-28-10-11-29-12-13-30-14-15-31-16-17-32-18-19-33-22(24)34-21-5-3-20(4-6-21)23(25)26/h1,3-6H,7-19H2. The van der Waals surface area contributed by atoms with E-state index in [0.717, 1.165) is 0 Å². The Kier molecular flexibility index (Phi) is 17.9. The van der Waals surface area contributed by atoms with Crippen molar-refractivity contribution in [1.29, 1.82) is 0 Å². The van der Waals surface area contributed by atoms with Crippen LogP contribution in [0.5, 0.6) is 5.75 Å². The molecule has 12 heteroatoms. The minimum absolute atomic E-state index is 0.000487. The summed E-state index contributed by atoms with van der Waals surface area (Å²) in [4.78, 5) is 21.5. The van der Waals surface area contributed by atoms with Crippen LogP contribution in [0.2, 0.25) is 0 Å². The van der Waals surface area contributed by atoms with E-state index in [9.17, 15) is 14.9 Å². The van der Waals surface area contributed by atoms with Crippen LogP contribution in [0.15, 0.2) is 24.3 Å². The lowest BCUT2D eigenvalue weighted by molar-refractivity contribution is -0.384. The number of non-ortho nitro benzene ring substituents is 1. The van der Waals surface area contributed by atoms with Gasteiger partial charge in [0.05, 0.1) is 77.6 Å². The van der Waals surface area contributed by atoms with Gasteiger partial charge < -0.3 is 37.9 Å². The number of hydrogen-bond acceptors (Lipinski definition) is 11. The van der Waals surface area contributed by atoms with Crippen molar-refractivity contribution >= 4 is 11.8 Å². The van der Waals surface area contributed by atoms with Gasteiger partial charge in [0.1, 0.15) is 19.0 Å². The molecule has 0 fully saturated rings. The molecule has 0 aliphatic heterocycles. The van der Waals surface area contributed by atoms with Gasteiger partial charge in [0.25, 0.3) is 5.69 Å². The Hall–Kier alpha value is -2.79. The quantitative estimate of drug-likeness (QED) is 0.0630. The highest BCUT2D eigenvalue weighted by Gasteiger charge is 2.09. The molecule has 0 N–H and O–H groups in total. The van der Waals surface area contributed by atoms with E-state index < -0.39 is 11.1 Å². The summed E-state index contributed by atoms with van der Waals surface area (Å²) in [7, 11) is 0. The highest BCUT2D eigenvalue weighted by molar-refractivity contribution is 5.63. The molecular formula is C22H31NO11. The zero-order chi connectivity index (χ0) is 24.7. The van der Waals surface area contributed by atoms with Crippen molar-refractivity contribution in [3.63, 3.8) is 0 Å². The molecule has 1 aromatic carbocycles. The first-order chi connectivity index (χ1) is 16.6. The fourth-order valence-electron chi connectivity index (χ4n) is 2.18. The first-order valence-electron chi connectivity index (χ1n) is 10.6. The summed E-state index contributed by atoms with van der Waals surface area (Å²) in [5, 5.41) is 10.6. The number of nitro groups is 1. The number of benzene rings is 1. The second kappa shape index (κ2) is 20.8. The molecule has 0 saturated carbocycles. The van der Waals surface area contributed by atoms with E-state index in [1.54, 1.807) is 0 Å². The summed E-state index contributed by atoms with van der Waals surface area (Å²) >= 11 is 0. The molecule has 0 bridgehead atoms. The maximum Gasteiger partial charge on any atom is 0.513 e. The SMILES string of the molecule is C#CCOCCOCCOCCOCCOCCOCCOC(=O)Oc1ccc([N+](=O)[O-])cc1. The van der Waals surface area contributed by atoms with Crippen LogP contribution in [0.1, 0.15) is 0 Å². The van der Waals surface area contributed by atoms with Crippen molar-refractivity contribution in [2.24, 2.45) is 0 Å². The Bertz CT molecular complexity index is 706. The Morgan fingerprint density at radius 2 is 1.15 bits per heavy atom. The van der Waals surface area contributed by atoms with E-state index in [1.807, 2.05) is 0 Å². The molecule has 34 heavy (non-hydrogen) atoms. The van der Waals surface area contributed by atoms with Crippen molar-refractivity contribution in [3.8, 4) is 18.1 Å². The molecule has 0 spiro atoms. The Balaban J connectivity index is 1.79. The van der Waals surface area contributed by atoms with Crippen molar-refractivity contribution in [1.82, 2.24) is 0 Å². The second-order valence-electron chi connectivity index (χ2n) is 6.27. The van der Waals surface area contributed by atoms with E-state index in [4.69, 9.17) is 44.3 Å². The van der Waals surface area contributed by atoms with Crippen molar-refractivity contribution in [3.05, 3.63) is 34.4 Å². The zero-order valence-corrected chi connectivity index (χ0v) is 19.0. The Morgan fingerprint density at radius 3 is 1.56 bits per heavy atom. The molecule has 0 saturated heterocycles. The van der Waals surface area contributed by atoms with E-state index in [2.05, 4.69) is 5.92 Å². The van der Waals surface area contributed by atoms with E-state index in [-0.39, 0.29) is 31.3 Å². The van der Waals surface area contributed by atoms with Gasteiger partial charge in [-0.25, -0.2) is 4.79 Å². The summed E-state index contributed by atoms with van der Waals surface area (Å²) in [6, 6.07) is 5.07. The van der Waals surface area contributed by atoms with E-state index in [0.29, 0.717) is 66.1 Å². The lowest BCUT2D eigenvalue weighted by Crippen LogP contribution is -2.16. The maximum absolute atomic E-state index is 11.5. The molecule has 0 radical (unpaired) electrons. The van der Waals surface area contributed by atoms with Crippen LogP contribution < -0.4 is 4.74 Å². The molecule has 1 rings (SSSR count). The van der Waals surface area contributed by atoms with Gasteiger partial charge in [0.2, 0.25) is 0 Å². The van der Waals surface area contributed by atoms with Gasteiger partial charge in [-0.3, -0.25) is 10.1 Å². The number of rotatable bonds is 21. The molecule has 190 valence electrons. The molecule has 12 nitrogen and oxygen atoms in total. The number of carbonyl (C=O) groups excluding carboxylic acids is 1. The van der Waals surface area contributed by atoms with Gasteiger partial charge >= 0.3 is 6.16 Å². The molecule has 0 aliphatic carbocycles. The fraction of sp³-hybridized carbons (Fsp3) is 0.591. The van der Waals surface area contributed by atoms with E-state index in [1.165, 1.54) is 24.3 Å². The molecule has 0 heterocycles. The van der Waals surface area contributed by atoms with E-state index >= 15 is 0 Å². The number of ether oxygens (including phenoxy) is 8. The number of terminal acetylenes is 1. The molecule has 0 aliphatic rings. The topological polar surface area (TPSA) is 134 Å². The van der Waals surface area contributed by atoms with Crippen LogP contribution in [0.4, 0.5) is 10.5 Å². The first kappa shape index (κ1) is 29.2. The van der Waals surface area contributed by atoms with Crippen molar-refractivity contribution in [2.75, 3.05) is 85.9 Å². The van der Waals surface area contributed by atoms with Crippen LogP contribution in [-0.2, 0) is 33.2 Å². The minimum Gasteiger partial charge on any atom is -0.432 e. The lowest BCUT2D eigenvalue weighted by Gasteiger charge is -2.08. The van der Waals surface area contributed by atoms with Gasteiger partial charge in [-0.1, -0.05) is 5.92 Å². The predicted molar refractivity (Wildman–Crippen MR) is 119 cm³/mol. The largest absolute Gasteiger partial charge is 0.513 e. The maximum atomic E-state index is 11.5. The normalized spacial score (nSPS) is 10.6. The third-order valence-electron chi connectivity index (χ3n) is 3.74. The van der Waals surface area contributed by atoms with Gasteiger partial charge in [-0.2, -0.15) is 0 Å². The monoisotopic (exact) mass is 485 g/mol. The van der Waals surface area contributed by atoms with Gasteiger partial charge in [0, 0.05) is 12.1 Å². The zero-order valence-electron chi connectivity index (χ0n) is 19.0. The summed E-state index contributed by atoms with van der Waals surface area (Å²) in [5.41, 5.74) is -0.103. The average molecular weight is 485 g/mol. The minimum atomic E-state index is -0.923. The molecule has 0 atom stereocenters. The molecular weight excluding hydrogens is 454 g/mol. The third kappa shape index (κ3) is 16.8. The molecule has 0 unspecified atom stereocenters. The number of hydrogen-bond donors (Lipinski definition) is 0. The lowest BCUT2D eigenvalue weighted by atomic mass is 10.3. The smallest absolute Gasteiger partial charge is 0.432 e. The highest BCUT2D eigenvalue weighted by Crippen LogP contribution is 2.17. The predicted octanol–water partition coefficient (Wildman–Crippen LogP) is 1.84. The molecule has 1 aromatic rings. The van der Waals surface area contributed by atoms with Crippen LogP contribution in [-0.4, -0.2) is 97.0 Å². The van der Waals surface area contributed by atoms with Crippen LogP contribution in [0.3, 0.4) is 0 Å². The number of nitrogens with zero attached hydrogens (tertiary/aromatic N) is 1. The second-order valence-corrected chi connectivity index (χ2v) is 6.27. The molecule has 0 aromatic heterocycles. The van der Waals surface area contributed by atoms with Crippen molar-refractivity contribution in [2.45, 2.75) is 0 Å². The third-order valence-corrected chi connectivity index (χ3v) is 3.74.